The Morgan fingerprint density at radius 2 is 2.18 bits per heavy atom. The van der Waals surface area contributed by atoms with Gasteiger partial charge in [-0.15, -0.1) is 0 Å². The predicted molar refractivity (Wildman–Crippen MR) is 108 cm³/mol. The molecule has 1 aromatic carbocycles. The molecular weight excluding hydrogens is 357 g/mol. The molecule has 1 aliphatic rings. The molecule has 1 amide bonds. The number of carbonyl (C=O) groups excluding carboxylic acids is 1. The number of hydrogen-bond acceptors (Lipinski definition) is 4. The lowest BCUT2D eigenvalue weighted by atomic mass is 9.85. The molecule has 5 nitrogen and oxygen atoms in total. The van der Waals surface area contributed by atoms with E-state index in [1.807, 2.05) is 24.8 Å². The number of hydrogen-bond donors (Lipinski definition) is 1. The Labute approximate surface area is 166 Å². The molecule has 152 valence electrons. The molecule has 0 spiro atoms. The Balaban J connectivity index is 1.68. The van der Waals surface area contributed by atoms with Crippen molar-refractivity contribution in [2.45, 2.75) is 53.0 Å². The predicted octanol–water partition coefficient (Wildman–Crippen LogP) is 4.35. The maximum Gasteiger partial charge on any atom is 0.227 e. The van der Waals surface area contributed by atoms with Gasteiger partial charge in [-0.25, -0.2) is 4.39 Å². The van der Waals surface area contributed by atoms with Gasteiger partial charge in [0.2, 0.25) is 5.91 Å². The molecule has 2 heterocycles. The fraction of sp³-hybridized carbons (Fsp3) is 0.545. The summed E-state index contributed by atoms with van der Waals surface area (Å²) in [6.45, 7) is 9.53. The zero-order valence-corrected chi connectivity index (χ0v) is 17.2. The van der Waals surface area contributed by atoms with Gasteiger partial charge in [0.1, 0.15) is 11.6 Å². The van der Waals surface area contributed by atoms with Gasteiger partial charge in [-0.1, -0.05) is 25.1 Å². The number of piperidine rings is 1. The topological polar surface area (TPSA) is 58.4 Å². The fourth-order valence-electron chi connectivity index (χ4n) is 4.10. The molecule has 0 unspecified atom stereocenters. The second kappa shape index (κ2) is 8.76. The molecule has 1 saturated heterocycles. The van der Waals surface area contributed by atoms with Crippen LogP contribution in [0.3, 0.4) is 0 Å². The highest BCUT2D eigenvalue weighted by Crippen LogP contribution is 2.28. The maximum absolute atomic E-state index is 13.5. The van der Waals surface area contributed by atoms with Crippen molar-refractivity contribution in [3.8, 4) is 0 Å². The lowest BCUT2D eigenvalue weighted by Gasteiger charge is -2.40. The van der Waals surface area contributed by atoms with Gasteiger partial charge in [-0.3, -0.25) is 4.79 Å². The van der Waals surface area contributed by atoms with Gasteiger partial charge in [0, 0.05) is 30.4 Å². The van der Waals surface area contributed by atoms with Gasteiger partial charge < -0.3 is 14.7 Å². The van der Waals surface area contributed by atoms with Crippen LogP contribution in [-0.4, -0.2) is 35.1 Å². The van der Waals surface area contributed by atoms with Crippen molar-refractivity contribution in [2.75, 3.05) is 18.4 Å². The van der Waals surface area contributed by atoms with Crippen LogP contribution in [0.1, 0.15) is 43.7 Å². The van der Waals surface area contributed by atoms with E-state index >= 15 is 0 Å². The number of rotatable bonds is 6. The standard InChI is InChI=1S/C22H30FN3O2/c1-14(2)10-17-13-26(22(27)12-20-15(3)25-28-16(20)4)9-8-21(17)24-19-7-5-6-18(23)11-19/h5-7,11,14,17,21,24H,8-10,12-13H2,1-4H3/t17-,21+/m0/s1. The number of nitrogens with zero attached hydrogens (tertiary/aromatic N) is 2. The van der Waals surface area contributed by atoms with Crippen molar-refractivity contribution in [1.82, 2.24) is 10.1 Å². The van der Waals surface area contributed by atoms with Crippen LogP contribution in [0, 0.1) is 31.5 Å². The molecule has 28 heavy (non-hydrogen) atoms. The van der Waals surface area contributed by atoms with E-state index in [0.29, 0.717) is 37.1 Å². The van der Waals surface area contributed by atoms with Gasteiger partial charge in [0.05, 0.1) is 12.1 Å². The second-order valence-electron chi connectivity index (χ2n) is 8.26. The average molecular weight is 387 g/mol. The Morgan fingerprint density at radius 1 is 1.39 bits per heavy atom. The lowest BCUT2D eigenvalue weighted by molar-refractivity contribution is -0.132. The summed E-state index contributed by atoms with van der Waals surface area (Å²) in [5, 5.41) is 7.45. The van der Waals surface area contributed by atoms with Crippen molar-refractivity contribution in [1.29, 1.82) is 0 Å². The van der Waals surface area contributed by atoms with Gasteiger partial charge >= 0.3 is 0 Å². The van der Waals surface area contributed by atoms with E-state index in [9.17, 15) is 9.18 Å². The van der Waals surface area contributed by atoms with Crippen LogP contribution in [0.25, 0.3) is 0 Å². The summed E-state index contributed by atoms with van der Waals surface area (Å²) in [5.41, 5.74) is 2.48. The zero-order chi connectivity index (χ0) is 20.3. The van der Waals surface area contributed by atoms with Gasteiger partial charge in [-0.05, 0) is 56.7 Å². The zero-order valence-electron chi connectivity index (χ0n) is 17.2. The number of benzene rings is 1. The van der Waals surface area contributed by atoms with Crippen LogP contribution in [0.15, 0.2) is 28.8 Å². The molecule has 0 bridgehead atoms. The number of carbonyl (C=O) groups is 1. The van der Waals surface area contributed by atoms with Crippen molar-refractivity contribution in [3.63, 3.8) is 0 Å². The summed E-state index contributed by atoms with van der Waals surface area (Å²) in [5.74, 6) is 1.45. The first-order chi connectivity index (χ1) is 13.3. The molecule has 1 aliphatic heterocycles. The van der Waals surface area contributed by atoms with Crippen molar-refractivity contribution in [3.05, 3.63) is 47.1 Å². The first kappa shape index (κ1) is 20.4. The Kier molecular flexibility index (Phi) is 6.37. The molecule has 1 aromatic heterocycles. The minimum atomic E-state index is -0.238. The quantitative estimate of drug-likeness (QED) is 0.801. The summed E-state index contributed by atoms with van der Waals surface area (Å²) < 4.78 is 18.7. The van der Waals surface area contributed by atoms with E-state index in [4.69, 9.17) is 4.52 Å². The van der Waals surface area contributed by atoms with Gasteiger partial charge in [-0.2, -0.15) is 0 Å². The van der Waals surface area contributed by atoms with E-state index < -0.39 is 0 Å². The molecule has 1 fully saturated rings. The molecule has 2 aromatic rings. The number of amides is 1. The van der Waals surface area contributed by atoms with Crippen LogP contribution in [0.2, 0.25) is 0 Å². The number of likely N-dealkylation sites (tertiary alicyclic amines) is 1. The molecule has 0 saturated carbocycles. The minimum absolute atomic E-state index is 0.118. The SMILES string of the molecule is Cc1noc(C)c1CC(=O)N1CC[C@@H](Nc2cccc(F)c2)[C@@H](CC(C)C)C1. The Bertz CT molecular complexity index is 798. The molecule has 6 heteroatoms. The lowest BCUT2D eigenvalue weighted by Crippen LogP contribution is -2.49. The fourth-order valence-corrected chi connectivity index (χ4v) is 4.10. The van der Waals surface area contributed by atoms with E-state index in [2.05, 4.69) is 24.3 Å². The highest BCUT2D eigenvalue weighted by Gasteiger charge is 2.32. The first-order valence-electron chi connectivity index (χ1n) is 10.0. The molecule has 1 N–H and O–H groups in total. The van der Waals surface area contributed by atoms with Gasteiger partial charge in [0.25, 0.3) is 0 Å². The van der Waals surface area contributed by atoms with Crippen LogP contribution >= 0.6 is 0 Å². The highest BCUT2D eigenvalue weighted by atomic mass is 19.1. The Morgan fingerprint density at radius 3 is 2.82 bits per heavy atom. The monoisotopic (exact) mass is 387 g/mol. The van der Waals surface area contributed by atoms with Gasteiger partial charge in [0.15, 0.2) is 0 Å². The molecule has 0 radical (unpaired) electrons. The second-order valence-corrected chi connectivity index (χ2v) is 8.26. The van der Waals surface area contributed by atoms with Crippen LogP contribution in [-0.2, 0) is 11.2 Å². The molecule has 2 atom stereocenters. The number of aromatic nitrogens is 1. The minimum Gasteiger partial charge on any atom is -0.382 e. The largest absolute Gasteiger partial charge is 0.382 e. The third-order valence-electron chi connectivity index (χ3n) is 5.55. The number of anilines is 1. The maximum atomic E-state index is 13.5. The van der Waals surface area contributed by atoms with Crippen LogP contribution < -0.4 is 5.32 Å². The summed E-state index contributed by atoms with van der Waals surface area (Å²) in [4.78, 5) is 14.9. The summed E-state index contributed by atoms with van der Waals surface area (Å²) >= 11 is 0. The van der Waals surface area contributed by atoms with Crippen LogP contribution in [0.5, 0.6) is 0 Å². The van der Waals surface area contributed by atoms with E-state index in [0.717, 1.165) is 29.8 Å². The van der Waals surface area contributed by atoms with Crippen molar-refractivity contribution >= 4 is 11.6 Å². The number of aryl methyl sites for hydroxylation is 2. The molecular formula is C22H30FN3O2. The smallest absolute Gasteiger partial charge is 0.227 e. The summed E-state index contributed by atoms with van der Waals surface area (Å²) in [7, 11) is 0. The molecule has 0 aliphatic carbocycles. The van der Waals surface area contributed by atoms with Crippen molar-refractivity contribution < 1.29 is 13.7 Å². The first-order valence-corrected chi connectivity index (χ1v) is 10.0. The summed E-state index contributed by atoms with van der Waals surface area (Å²) in [6, 6.07) is 6.82. The highest BCUT2D eigenvalue weighted by molar-refractivity contribution is 5.79. The average Bonchev–Trinajstić information content (AvgIpc) is 2.94. The van der Waals surface area contributed by atoms with Crippen molar-refractivity contribution in [2.24, 2.45) is 11.8 Å². The Hall–Kier alpha value is -2.37. The number of halogens is 1. The molecule has 3 rings (SSSR count). The van der Waals surface area contributed by atoms with E-state index in [1.54, 1.807) is 6.07 Å². The normalized spacial score (nSPS) is 19.9. The summed E-state index contributed by atoms with van der Waals surface area (Å²) in [6.07, 6.45) is 2.20. The number of nitrogens with one attached hydrogen (secondary N) is 1. The van der Waals surface area contributed by atoms with Crippen LogP contribution in [0.4, 0.5) is 10.1 Å². The van der Waals surface area contributed by atoms with E-state index in [-0.39, 0.29) is 17.8 Å². The third kappa shape index (κ3) is 4.91. The van der Waals surface area contributed by atoms with E-state index in [1.165, 1.54) is 12.1 Å². The third-order valence-corrected chi connectivity index (χ3v) is 5.55.